The van der Waals surface area contributed by atoms with Crippen LogP contribution >= 0.6 is 15.9 Å². The van der Waals surface area contributed by atoms with Crippen LogP contribution in [0.3, 0.4) is 0 Å². The molecule has 0 fully saturated rings. The van der Waals surface area contributed by atoms with Crippen molar-refractivity contribution in [1.29, 1.82) is 0 Å². The lowest BCUT2D eigenvalue weighted by molar-refractivity contribution is 0.101. The summed E-state index contributed by atoms with van der Waals surface area (Å²) in [5.41, 5.74) is 2.10. The zero-order valence-corrected chi connectivity index (χ0v) is 10.7. The normalized spacial score (nSPS) is 11.2. The number of hydrogen-bond donors (Lipinski definition) is 0. The highest BCUT2D eigenvalue weighted by Gasteiger charge is 2.12. The smallest absolute Gasteiger partial charge is 0.163 e. The molecule has 1 heterocycles. The fourth-order valence-corrected chi connectivity index (χ4v) is 2.39. The average Bonchev–Trinajstić information content (AvgIpc) is 2.65. The minimum Gasteiger partial charge on any atom is -0.455 e. The van der Waals surface area contributed by atoms with Crippen molar-refractivity contribution in [3.8, 4) is 0 Å². The number of Topliss-reactive ketones (excluding diaryl/α,β-unsaturated/α-hetero) is 1. The van der Waals surface area contributed by atoms with Crippen LogP contribution < -0.4 is 0 Å². The summed E-state index contributed by atoms with van der Waals surface area (Å²) in [6, 6.07) is 11.5. The number of carbonyl (C=O) groups excluding carboxylic acids is 1. The van der Waals surface area contributed by atoms with Crippen molar-refractivity contribution in [3.05, 3.63) is 46.4 Å². The second-order valence-corrected chi connectivity index (χ2v) is 4.90. The van der Waals surface area contributed by atoms with Crippen LogP contribution in [0.4, 0.5) is 0 Å². The summed E-state index contributed by atoms with van der Waals surface area (Å²) in [4.78, 5) is 11.5. The fraction of sp³-hybridized carbons (Fsp3) is 0.0714. The monoisotopic (exact) mass is 288 g/mol. The molecule has 1 aromatic heterocycles. The number of benzene rings is 2. The van der Waals surface area contributed by atoms with Crippen LogP contribution in [0.1, 0.15) is 17.3 Å². The predicted octanol–water partition coefficient (Wildman–Crippen LogP) is 4.55. The summed E-state index contributed by atoms with van der Waals surface area (Å²) in [7, 11) is 0. The molecule has 17 heavy (non-hydrogen) atoms. The third-order valence-corrected chi connectivity index (χ3v) is 3.33. The van der Waals surface area contributed by atoms with E-state index >= 15 is 0 Å². The molecule has 0 atom stereocenters. The summed E-state index contributed by atoms with van der Waals surface area (Å²) in [6.07, 6.45) is 0. The Balaban J connectivity index is 2.50. The van der Waals surface area contributed by atoms with Gasteiger partial charge in [-0.05, 0) is 31.2 Å². The van der Waals surface area contributed by atoms with E-state index in [1.165, 1.54) is 0 Å². The van der Waals surface area contributed by atoms with Crippen LogP contribution in [-0.2, 0) is 0 Å². The average molecular weight is 289 g/mol. The summed E-state index contributed by atoms with van der Waals surface area (Å²) in [6.45, 7) is 1.55. The van der Waals surface area contributed by atoms with E-state index in [9.17, 15) is 4.79 Å². The van der Waals surface area contributed by atoms with E-state index in [2.05, 4.69) is 15.9 Å². The topological polar surface area (TPSA) is 30.2 Å². The van der Waals surface area contributed by atoms with Crippen LogP contribution in [0.2, 0.25) is 0 Å². The lowest BCUT2D eigenvalue weighted by atomic mass is 10.1. The Morgan fingerprint density at radius 2 is 2.00 bits per heavy atom. The second-order valence-electron chi connectivity index (χ2n) is 3.98. The number of para-hydroxylation sites is 1. The van der Waals surface area contributed by atoms with Gasteiger partial charge < -0.3 is 4.42 Å². The molecule has 0 saturated carbocycles. The maximum absolute atomic E-state index is 11.5. The third kappa shape index (κ3) is 1.58. The van der Waals surface area contributed by atoms with Crippen molar-refractivity contribution in [2.24, 2.45) is 0 Å². The maximum Gasteiger partial charge on any atom is 0.163 e. The van der Waals surface area contributed by atoms with Crippen LogP contribution in [0, 0.1) is 0 Å². The zero-order valence-electron chi connectivity index (χ0n) is 9.16. The SMILES string of the molecule is CC(=O)c1cccc2c1oc1cc(Br)ccc12. The number of carbonyl (C=O) groups is 1. The van der Waals surface area contributed by atoms with Gasteiger partial charge in [0.1, 0.15) is 11.2 Å². The highest BCUT2D eigenvalue weighted by atomic mass is 79.9. The molecule has 84 valence electrons. The first-order valence-corrected chi connectivity index (χ1v) is 6.08. The van der Waals surface area contributed by atoms with Crippen molar-refractivity contribution in [2.45, 2.75) is 6.92 Å². The zero-order chi connectivity index (χ0) is 12.0. The molecule has 3 heteroatoms. The Morgan fingerprint density at radius 3 is 2.76 bits per heavy atom. The van der Waals surface area contributed by atoms with Gasteiger partial charge in [-0.15, -0.1) is 0 Å². The van der Waals surface area contributed by atoms with Gasteiger partial charge in [0.05, 0.1) is 5.56 Å². The Bertz CT molecular complexity index is 740. The van der Waals surface area contributed by atoms with Gasteiger partial charge in [0.25, 0.3) is 0 Å². The summed E-state index contributed by atoms with van der Waals surface area (Å²) in [5, 5.41) is 2.02. The van der Waals surface area contributed by atoms with Crippen molar-refractivity contribution in [2.75, 3.05) is 0 Å². The Labute approximate surface area is 106 Å². The number of ketones is 1. The number of furan rings is 1. The van der Waals surface area contributed by atoms with Gasteiger partial charge in [0, 0.05) is 15.2 Å². The van der Waals surface area contributed by atoms with E-state index in [1.807, 2.05) is 30.3 Å². The number of fused-ring (bicyclic) bond motifs is 3. The largest absolute Gasteiger partial charge is 0.455 e. The van der Waals surface area contributed by atoms with E-state index < -0.39 is 0 Å². The van der Waals surface area contributed by atoms with E-state index in [0.29, 0.717) is 11.1 Å². The minimum absolute atomic E-state index is 0.0220. The first-order valence-electron chi connectivity index (χ1n) is 5.28. The molecular formula is C14H9BrO2. The standard InChI is InChI=1S/C14H9BrO2/c1-8(16)10-3-2-4-12-11-6-5-9(15)7-13(11)17-14(10)12/h2-7H,1H3. The molecule has 2 aromatic carbocycles. The predicted molar refractivity (Wildman–Crippen MR) is 71.4 cm³/mol. The van der Waals surface area contributed by atoms with Gasteiger partial charge in [0.2, 0.25) is 0 Å². The van der Waals surface area contributed by atoms with E-state index in [1.54, 1.807) is 13.0 Å². The molecule has 3 aromatic rings. The summed E-state index contributed by atoms with van der Waals surface area (Å²) < 4.78 is 6.74. The van der Waals surface area contributed by atoms with Crippen molar-refractivity contribution in [3.63, 3.8) is 0 Å². The molecule has 0 spiro atoms. The van der Waals surface area contributed by atoms with Crippen LogP contribution in [0.15, 0.2) is 45.3 Å². The first kappa shape index (κ1) is 10.5. The lowest BCUT2D eigenvalue weighted by Crippen LogP contribution is -1.91. The molecule has 0 saturated heterocycles. The van der Waals surface area contributed by atoms with E-state index in [0.717, 1.165) is 20.8 Å². The summed E-state index contributed by atoms with van der Waals surface area (Å²) >= 11 is 3.41. The molecule has 2 nitrogen and oxygen atoms in total. The lowest BCUT2D eigenvalue weighted by Gasteiger charge is -1.95. The highest BCUT2D eigenvalue weighted by molar-refractivity contribution is 9.10. The Morgan fingerprint density at radius 1 is 1.18 bits per heavy atom. The van der Waals surface area contributed by atoms with Crippen LogP contribution in [-0.4, -0.2) is 5.78 Å². The maximum atomic E-state index is 11.5. The van der Waals surface area contributed by atoms with Gasteiger partial charge in [-0.1, -0.05) is 28.1 Å². The Kier molecular flexibility index (Phi) is 2.30. The van der Waals surface area contributed by atoms with Crippen molar-refractivity contribution < 1.29 is 9.21 Å². The molecule has 3 rings (SSSR count). The molecule has 0 N–H and O–H groups in total. The van der Waals surface area contributed by atoms with Crippen molar-refractivity contribution >= 4 is 43.7 Å². The van der Waals surface area contributed by atoms with Crippen molar-refractivity contribution in [1.82, 2.24) is 0 Å². The van der Waals surface area contributed by atoms with Crippen LogP contribution in [0.25, 0.3) is 21.9 Å². The van der Waals surface area contributed by atoms with Gasteiger partial charge in [-0.25, -0.2) is 0 Å². The first-order chi connectivity index (χ1) is 8.16. The molecule has 0 aliphatic heterocycles. The molecule has 0 unspecified atom stereocenters. The van der Waals surface area contributed by atoms with Crippen LogP contribution in [0.5, 0.6) is 0 Å². The molecule has 0 radical (unpaired) electrons. The molecule has 0 bridgehead atoms. The summed E-state index contributed by atoms with van der Waals surface area (Å²) in [5.74, 6) is 0.0220. The molecule has 0 aliphatic rings. The second kappa shape index (κ2) is 3.70. The van der Waals surface area contributed by atoms with Gasteiger partial charge in [0.15, 0.2) is 5.78 Å². The molecular weight excluding hydrogens is 280 g/mol. The minimum atomic E-state index is 0.0220. The van der Waals surface area contributed by atoms with Gasteiger partial charge >= 0.3 is 0 Å². The number of halogens is 1. The molecule has 0 aliphatic carbocycles. The number of hydrogen-bond acceptors (Lipinski definition) is 2. The Hall–Kier alpha value is -1.61. The van der Waals surface area contributed by atoms with Gasteiger partial charge in [-0.3, -0.25) is 4.79 Å². The van der Waals surface area contributed by atoms with Gasteiger partial charge in [-0.2, -0.15) is 0 Å². The van der Waals surface area contributed by atoms with E-state index in [-0.39, 0.29) is 5.78 Å². The molecule has 0 amide bonds. The quantitative estimate of drug-likeness (QED) is 0.615. The number of rotatable bonds is 1. The third-order valence-electron chi connectivity index (χ3n) is 2.84. The fourth-order valence-electron chi connectivity index (χ4n) is 2.05. The highest BCUT2D eigenvalue weighted by Crippen LogP contribution is 2.32. The van der Waals surface area contributed by atoms with E-state index in [4.69, 9.17) is 4.42 Å².